The Kier molecular flexibility index (Phi) is 10.7. The molecule has 1 heterocycles. The Morgan fingerprint density at radius 2 is 1.46 bits per heavy atom. The second-order valence-corrected chi connectivity index (χ2v) is 10.2. The number of hydrogen-bond donors (Lipinski definition) is 3. The summed E-state index contributed by atoms with van der Waals surface area (Å²) in [5, 5.41) is 9.31. The Morgan fingerprint density at radius 3 is 2.12 bits per heavy atom. The van der Waals surface area contributed by atoms with Crippen molar-refractivity contribution in [2.24, 2.45) is 0 Å². The predicted octanol–water partition coefficient (Wildman–Crippen LogP) is 5.39. The predicted molar refractivity (Wildman–Crippen MR) is 168 cm³/mol. The number of ether oxygens (including phenoxy) is 1. The van der Waals surface area contributed by atoms with Crippen LogP contribution >= 0.6 is 11.6 Å². The smallest absolute Gasteiger partial charge is 0.323 e. The first-order chi connectivity index (χ1) is 19.9. The van der Waals surface area contributed by atoms with Crippen molar-refractivity contribution in [2.75, 3.05) is 79.9 Å². The van der Waals surface area contributed by atoms with Gasteiger partial charge < -0.3 is 35.4 Å². The van der Waals surface area contributed by atoms with Gasteiger partial charge in [-0.2, -0.15) is 0 Å². The lowest BCUT2D eigenvalue weighted by molar-refractivity contribution is 0.0949. The van der Waals surface area contributed by atoms with Crippen LogP contribution < -0.4 is 30.5 Å². The monoisotopic (exact) mass is 578 g/mol. The van der Waals surface area contributed by atoms with E-state index in [1.807, 2.05) is 30.3 Å². The quantitative estimate of drug-likeness (QED) is 0.283. The molecule has 0 atom stereocenters. The van der Waals surface area contributed by atoms with Gasteiger partial charge in [0.25, 0.3) is 5.91 Å². The van der Waals surface area contributed by atoms with Crippen LogP contribution in [0, 0.1) is 0 Å². The molecule has 1 saturated heterocycles. The molecule has 9 nitrogen and oxygen atoms in total. The number of rotatable bonds is 11. The maximum absolute atomic E-state index is 13.5. The van der Waals surface area contributed by atoms with Gasteiger partial charge in [0, 0.05) is 61.4 Å². The van der Waals surface area contributed by atoms with E-state index in [1.165, 1.54) is 0 Å². The number of halogens is 1. The van der Waals surface area contributed by atoms with Crippen molar-refractivity contribution < 1.29 is 14.3 Å². The van der Waals surface area contributed by atoms with Crippen LogP contribution in [-0.4, -0.2) is 76.3 Å². The Morgan fingerprint density at radius 1 is 0.854 bits per heavy atom. The number of methoxy groups -OCH3 is 1. The molecular formula is C31H39ClN6O3. The SMILES string of the molecule is CCN(CC)CCNC(=O)c1cc(NC(=O)Nc2ccc(Cl)cc2)ccc1N1CCN(c2ccccc2OC)CC1. The fraction of sp³-hybridized carbons (Fsp3) is 0.355. The molecule has 41 heavy (non-hydrogen) atoms. The average Bonchev–Trinajstić information content (AvgIpc) is 3.00. The molecular weight excluding hydrogens is 540 g/mol. The first-order valence-electron chi connectivity index (χ1n) is 14.0. The van der Waals surface area contributed by atoms with Gasteiger partial charge in [-0.3, -0.25) is 4.79 Å². The molecule has 0 aromatic heterocycles. The van der Waals surface area contributed by atoms with E-state index in [0.717, 1.165) is 62.9 Å². The van der Waals surface area contributed by atoms with Crippen LogP contribution in [-0.2, 0) is 0 Å². The molecule has 0 radical (unpaired) electrons. The molecule has 0 aliphatic carbocycles. The number of benzene rings is 3. The minimum atomic E-state index is -0.404. The normalized spacial score (nSPS) is 13.2. The molecule has 0 unspecified atom stereocenters. The van der Waals surface area contributed by atoms with E-state index in [2.05, 4.69) is 50.6 Å². The van der Waals surface area contributed by atoms with Crippen molar-refractivity contribution >= 4 is 46.3 Å². The number of carbonyl (C=O) groups excluding carboxylic acids is 2. The summed E-state index contributed by atoms with van der Waals surface area (Å²) in [5.41, 5.74) is 3.58. The second-order valence-electron chi connectivity index (χ2n) is 9.75. The number of nitrogens with one attached hydrogen (secondary N) is 3. The van der Waals surface area contributed by atoms with Crippen molar-refractivity contribution in [2.45, 2.75) is 13.8 Å². The number of para-hydroxylation sites is 2. The van der Waals surface area contributed by atoms with Crippen molar-refractivity contribution in [1.82, 2.24) is 10.2 Å². The molecule has 0 spiro atoms. The van der Waals surface area contributed by atoms with Crippen molar-refractivity contribution in [3.05, 3.63) is 77.3 Å². The van der Waals surface area contributed by atoms with Crippen LogP contribution in [0.1, 0.15) is 24.2 Å². The highest BCUT2D eigenvalue weighted by Gasteiger charge is 2.24. The standard InChI is InChI=1S/C31H39ClN6O3/c1-4-36(5-2)17-16-33-30(39)26-22-25(35-31(40)34-24-12-10-23(32)11-13-24)14-15-27(26)37-18-20-38(21-19-37)28-8-6-7-9-29(28)41-3/h6-15,22H,4-5,16-21H2,1-3H3,(H,33,39)(H2,34,35,40). The number of amides is 3. The highest BCUT2D eigenvalue weighted by atomic mass is 35.5. The average molecular weight is 579 g/mol. The molecule has 3 amide bonds. The van der Waals surface area contributed by atoms with Gasteiger partial charge >= 0.3 is 6.03 Å². The first-order valence-corrected chi connectivity index (χ1v) is 14.4. The molecule has 3 N–H and O–H groups in total. The third-order valence-electron chi connectivity index (χ3n) is 7.26. The summed E-state index contributed by atoms with van der Waals surface area (Å²) in [5.74, 6) is 0.683. The summed E-state index contributed by atoms with van der Waals surface area (Å²) in [6, 6.07) is 20.0. The Hall–Kier alpha value is -3.95. The van der Waals surface area contributed by atoms with Crippen LogP contribution in [0.15, 0.2) is 66.7 Å². The van der Waals surface area contributed by atoms with Crippen LogP contribution in [0.5, 0.6) is 5.75 Å². The van der Waals surface area contributed by atoms with E-state index in [4.69, 9.17) is 16.3 Å². The lowest BCUT2D eigenvalue weighted by atomic mass is 10.1. The molecule has 1 fully saturated rings. The van der Waals surface area contributed by atoms with Gasteiger partial charge in [-0.25, -0.2) is 4.79 Å². The summed E-state index contributed by atoms with van der Waals surface area (Å²) in [6.07, 6.45) is 0. The summed E-state index contributed by atoms with van der Waals surface area (Å²) in [6.45, 7) is 10.4. The van der Waals surface area contributed by atoms with E-state index in [0.29, 0.717) is 28.5 Å². The maximum Gasteiger partial charge on any atom is 0.323 e. The summed E-state index contributed by atoms with van der Waals surface area (Å²) >= 11 is 5.95. The van der Waals surface area contributed by atoms with Gasteiger partial charge in [-0.15, -0.1) is 0 Å². The van der Waals surface area contributed by atoms with E-state index >= 15 is 0 Å². The van der Waals surface area contributed by atoms with Crippen LogP contribution in [0.3, 0.4) is 0 Å². The highest BCUT2D eigenvalue weighted by molar-refractivity contribution is 6.30. The lowest BCUT2D eigenvalue weighted by Gasteiger charge is -2.38. The number of piperazine rings is 1. The third-order valence-corrected chi connectivity index (χ3v) is 7.51. The van der Waals surface area contributed by atoms with Crippen molar-refractivity contribution in [3.8, 4) is 5.75 Å². The van der Waals surface area contributed by atoms with E-state index in [-0.39, 0.29) is 5.91 Å². The van der Waals surface area contributed by atoms with Gasteiger partial charge in [-0.05, 0) is 67.7 Å². The van der Waals surface area contributed by atoms with E-state index in [9.17, 15) is 9.59 Å². The summed E-state index contributed by atoms with van der Waals surface area (Å²) < 4.78 is 5.56. The Balaban J connectivity index is 1.49. The zero-order valence-electron chi connectivity index (χ0n) is 24.0. The van der Waals surface area contributed by atoms with Crippen LogP contribution in [0.25, 0.3) is 0 Å². The van der Waals surface area contributed by atoms with E-state index < -0.39 is 6.03 Å². The highest BCUT2D eigenvalue weighted by Crippen LogP contribution is 2.31. The number of likely N-dealkylation sites (N-methyl/N-ethyl adjacent to an activating group) is 1. The fourth-order valence-electron chi connectivity index (χ4n) is 4.94. The number of hydrogen-bond acceptors (Lipinski definition) is 6. The van der Waals surface area contributed by atoms with Gasteiger partial charge in [0.15, 0.2) is 0 Å². The van der Waals surface area contributed by atoms with Gasteiger partial charge in [0.2, 0.25) is 0 Å². The minimum absolute atomic E-state index is 0.166. The molecule has 0 saturated carbocycles. The number of anilines is 4. The van der Waals surface area contributed by atoms with Crippen LogP contribution in [0.4, 0.5) is 27.5 Å². The molecule has 0 bridgehead atoms. The lowest BCUT2D eigenvalue weighted by Crippen LogP contribution is -2.47. The van der Waals surface area contributed by atoms with Gasteiger partial charge in [0.05, 0.1) is 18.4 Å². The molecule has 1 aliphatic rings. The molecule has 3 aromatic carbocycles. The third kappa shape index (κ3) is 8.05. The van der Waals surface area contributed by atoms with Gasteiger partial charge in [0.1, 0.15) is 5.75 Å². The number of nitrogens with zero attached hydrogens (tertiary/aromatic N) is 3. The maximum atomic E-state index is 13.5. The molecule has 218 valence electrons. The second kappa shape index (κ2) is 14.6. The van der Waals surface area contributed by atoms with Crippen molar-refractivity contribution in [1.29, 1.82) is 0 Å². The fourth-order valence-corrected chi connectivity index (χ4v) is 5.07. The Bertz CT molecular complexity index is 1310. The topological polar surface area (TPSA) is 89.2 Å². The van der Waals surface area contributed by atoms with Crippen LogP contribution in [0.2, 0.25) is 5.02 Å². The number of carbonyl (C=O) groups is 2. The molecule has 4 rings (SSSR count). The largest absolute Gasteiger partial charge is 0.495 e. The van der Waals surface area contributed by atoms with E-state index in [1.54, 1.807) is 37.4 Å². The summed E-state index contributed by atoms with van der Waals surface area (Å²) in [4.78, 5) is 32.9. The first kappa shape index (κ1) is 30.0. The molecule has 1 aliphatic heterocycles. The molecule has 10 heteroatoms. The summed E-state index contributed by atoms with van der Waals surface area (Å²) in [7, 11) is 1.69. The zero-order chi connectivity index (χ0) is 29.2. The minimum Gasteiger partial charge on any atom is -0.495 e. The number of urea groups is 1. The van der Waals surface area contributed by atoms with Crippen molar-refractivity contribution in [3.63, 3.8) is 0 Å². The van der Waals surface area contributed by atoms with Gasteiger partial charge in [-0.1, -0.05) is 37.6 Å². The zero-order valence-corrected chi connectivity index (χ0v) is 24.7. The Labute approximate surface area is 247 Å². The molecule has 3 aromatic rings.